The van der Waals surface area contributed by atoms with Crippen LogP contribution in [0.2, 0.25) is 0 Å². The van der Waals surface area contributed by atoms with E-state index in [0.717, 1.165) is 18.4 Å². The van der Waals surface area contributed by atoms with Crippen molar-refractivity contribution in [2.45, 2.75) is 25.3 Å². The summed E-state index contributed by atoms with van der Waals surface area (Å²) in [6, 6.07) is 5.95. The highest BCUT2D eigenvalue weighted by molar-refractivity contribution is 5.30. The fourth-order valence-corrected chi connectivity index (χ4v) is 1.75. The number of rotatable bonds is 2. The van der Waals surface area contributed by atoms with Crippen LogP contribution in [0.15, 0.2) is 24.3 Å². The first kappa shape index (κ1) is 11.3. The summed E-state index contributed by atoms with van der Waals surface area (Å²) in [5.41, 5.74) is 0.735. The molecule has 1 aliphatic rings. The third-order valence-corrected chi connectivity index (χ3v) is 2.39. The first-order chi connectivity index (χ1) is 7.54. The summed E-state index contributed by atoms with van der Waals surface area (Å²) in [5, 5.41) is 0. The van der Waals surface area contributed by atoms with Crippen LogP contribution in [-0.2, 0) is 4.74 Å². The van der Waals surface area contributed by atoms with E-state index in [1.807, 2.05) is 0 Å². The van der Waals surface area contributed by atoms with Gasteiger partial charge in [-0.15, -0.1) is 13.2 Å². The second-order valence-electron chi connectivity index (χ2n) is 3.62. The van der Waals surface area contributed by atoms with Gasteiger partial charge in [0.2, 0.25) is 0 Å². The van der Waals surface area contributed by atoms with Gasteiger partial charge in [-0.3, -0.25) is 0 Å². The van der Waals surface area contributed by atoms with Crippen molar-refractivity contribution < 1.29 is 22.6 Å². The summed E-state index contributed by atoms with van der Waals surface area (Å²) in [6.07, 6.45) is -2.96. The molecular weight excluding hydrogens is 221 g/mol. The van der Waals surface area contributed by atoms with Crippen LogP contribution in [-0.4, -0.2) is 13.0 Å². The molecule has 1 aliphatic heterocycles. The molecule has 0 spiro atoms. The Morgan fingerprint density at radius 1 is 1.31 bits per heavy atom. The maximum absolute atomic E-state index is 12.0. The molecule has 0 aliphatic carbocycles. The first-order valence-corrected chi connectivity index (χ1v) is 5.02. The largest absolute Gasteiger partial charge is 0.573 e. The molecule has 0 amide bonds. The smallest absolute Gasteiger partial charge is 0.406 e. The summed E-state index contributed by atoms with van der Waals surface area (Å²) in [5.74, 6) is -0.194. The fourth-order valence-electron chi connectivity index (χ4n) is 1.75. The first-order valence-electron chi connectivity index (χ1n) is 5.02. The van der Waals surface area contributed by atoms with Crippen LogP contribution in [0.4, 0.5) is 13.2 Å². The Morgan fingerprint density at radius 3 is 2.75 bits per heavy atom. The van der Waals surface area contributed by atoms with E-state index in [4.69, 9.17) is 4.74 Å². The van der Waals surface area contributed by atoms with Crippen molar-refractivity contribution in [1.29, 1.82) is 0 Å². The zero-order valence-corrected chi connectivity index (χ0v) is 8.46. The standard InChI is InChI=1S/C11H11F3O2/c12-11(13,14)16-9-4-1-3-8(7-9)10-5-2-6-15-10/h1,3-4,7,10H,2,5-6H2. The van der Waals surface area contributed by atoms with Crippen LogP contribution in [0, 0.1) is 0 Å². The molecule has 2 nitrogen and oxygen atoms in total. The molecule has 5 heteroatoms. The molecule has 1 fully saturated rings. The van der Waals surface area contributed by atoms with Crippen LogP contribution in [0.1, 0.15) is 24.5 Å². The SMILES string of the molecule is FC(F)(F)Oc1cccc(C2CCCO2)c1. The molecule has 1 heterocycles. The highest BCUT2D eigenvalue weighted by Gasteiger charge is 2.31. The molecule has 16 heavy (non-hydrogen) atoms. The van der Waals surface area contributed by atoms with Crippen molar-refractivity contribution in [3.05, 3.63) is 29.8 Å². The summed E-state index contributed by atoms with van der Waals surface area (Å²) >= 11 is 0. The van der Waals surface area contributed by atoms with Crippen molar-refractivity contribution in [2.24, 2.45) is 0 Å². The molecule has 2 rings (SSSR count). The minimum atomic E-state index is -4.64. The predicted octanol–water partition coefficient (Wildman–Crippen LogP) is 3.44. The number of halogens is 3. The van der Waals surface area contributed by atoms with Gasteiger partial charge in [-0.25, -0.2) is 0 Å². The van der Waals surface area contributed by atoms with Gasteiger partial charge in [-0.05, 0) is 30.5 Å². The Balaban J connectivity index is 2.12. The van der Waals surface area contributed by atoms with Gasteiger partial charge < -0.3 is 9.47 Å². The van der Waals surface area contributed by atoms with Gasteiger partial charge in [0.15, 0.2) is 0 Å². The average Bonchev–Trinajstić information content (AvgIpc) is 2.68. The van der Waals surface area contributed by atoms with E-state index in [9.17, 15) is 13.2 Å². The number of hydrogen-bond acceptors (Lipinski definition) is 2. The monoisotopic (exact) mass is 232 g/mol. The highest BCUT2D eigenvalue weighted by Crippen LogP contribution is 2.31. The van der Waals surface area contributed by atoms with Crippen molar-refractivity contribution in [1.82, 2.24) is 0 Å². The summed E-state index contributed by atoms with van der Waals surface area (Å²) in [7, 11) is 0. The van der Waals surface area contributed by atoms with Crippen molar-refractivity contribution in [3.8, 4) is 5.75 Å². The van der Waals surface area contributed by atoms with Gasteiger partial charge in [-0.1, -0.05) is 12.1 Å². The number of hydrogen-bond donors (Lipinski definition) is 0. The minimum Gasteiger partial charge on any atom is -0.406 e. The third-order valence-electron chi connectivity index (χ3n) is 2.39. The Morgan fingerprint density at radius 2 is 2.12 bits per heavy atom. The Labute approximate surface area is 91.0 Å². The molecule has 0 saturated carbocycles. The van der Waals surface area contributed by atoms with Crippen LogP contribution in [0.3, 0.4) is 0 Å². The lowest BCUT2D eigenvalue weighted by Gasteiger charge is -2.13. The van der Waals surface area contributed by atoms with Crippen molar-refractivity contribution in [3.63, 3.8) is 0 Å². The molecule has 1 saturated heterocycles. The van der Waals surface area contributed by atoms with Crippen LogP contribution in [0.5, 0.6) is 5.75 Å². The molecule has 1 aromatic rings. The predicted molar refractivity (Wildman–Crippen MR) is 51.1 cm³/mol. The Hall–Kier alpha value is -1.23. The molecular formula is C11H11F3O2. The van der Waals surface area contributed by atoms with Crippen LogP contribution in [0.25, 0.3) is 0 Å². The second kappa shape index (κ2) is 4.33. The molecule has 0 radical (unpaired) electrons. The van der Waals surface area contributed by atoms with E-state index in [0.29, 0.717) is 6.61 Å². The quantitative estimate of drug-likeness (QED) is 0.777. The van der Waals surface area contributed by atoms with Crippen LogP contribution >= 0.6 is 0 Å². The topological polar surface area (TPSA) is 18.5 Å². The lowest BCUT2D eigenvalue weighted by molar-refractivity contribution is -0.274. The molecule has 1 atom stereocenters. The third kappa shape index (κ3) is 2.88. The normalized spacial score (nSPS) is 21.1. The molecule has 0 aromatic heterocycles. The zero-order valence-electron chi connectivity index (χ0n) is 8.46. The van der Waals surface area contributed by atoms with E-state index >= 15 is 0 Å². The number of alkyl halides is 3. The van der Waals surface area contributed by atoms with Crippen LogP contribution < -0.4 is 4.74 Å². The second-order valence-corrected chi connectivity index (χ2v) is 3.62. The van der Waals surface area contributed by atoms with Gasteiger partial charge in [0.05, 0.1) is 6.10 Å². The highest BCUT2D eigenvalue weighted by atomic mass is 19.4. The molecule has 88 valence electrons. The van der Waals surface area contributed by atoms with Gasteiger partial charge in [0.1, 0.15) is 5.75 Å². The lowest BCUT2D eigenvalue weighted by Crippen LogP contribution is -2.17. The van der Waals surface area contributed by atoms with E-state index in [1.165, 1.54) is 18.2 Å². The van der Waals surface area contributed by atoms with Gasteiger partial charge in [-0.2, -0.15) is 0 Å². The van der Waals surface area contributed by atoms with Crippen molar-refractivity contribution >= 4 is 0 Å². The minimum absolute atomic E-state index is 0.100. The zero-order chi connectivity index (χ0) is 11.6. The summed E-state index contributed by atoms with van der Waals surface area (Å²) < 4.78 is 45.2. The average molecular weight is 232 g/mol. The summed E-state index contributed by atoms with van der Waals surface area (Å²) in [4.78, 5) is 0. The molecule has 1 unspecified atom stereocenters. The van der Waals surface area contributed by atoms with E-state index < -0.39 is 6.36 Å². The maximum atomic E-state index is 12.0. The van der Waals surface area contributed by atoms with E-state index in [1.54, 1.807) is 6.07 Å². The number of ether oxygens (including phenoxy) is 2. The van der Waals surface area contributed by atoms with E-state index in [-0.39, 0.29) is 11.9 Å². The molecule has 0 bridgehead atoms. The Kier molecular flexibility index (Phi) is 3.05. The van der Waals surface area contributed by atoms with E-state index in [2.05, 4.69) is 4.74 Å². The Bertz CT molecular complexity index is 356. The fraction of sp³-hybridized carbons (Fsp3) is 0.455. The van der Waals surface area contributed by atoms with Gasteiger partial charge >= 0.3 is 6.36 Å². The van der Waals surface area contributed by atoms with Gasteiger partial charge in [0.25, 0.3) is 0 Å². The van der Waals surface area contributed by atoms with Gasteiger partial charge in [0, 0.05) is 6.61 Å². The lowest BCUT2D eigenvalue weighted by atomic mass is 10.1. The summed E-state index contributed by atoms with van der Waals surface area (Å²) in [6.45, 7) is 0.662. The maximum Gasteiger partial charge on any atom is 0.573 e. The molecule has 0 N–H and O–H groups in total. The van der Waals surface area contributed by atoms with Crippen molar-refractivity contribution in [2.75, 3.05) is 6.61 Å². The molecule has 1 aromatic carbocycles. The number of benzene rings is 1.